The van der Waals surface area contributed by atoms with Gasteiger partial charge in [-0.25, -0.2) is 0 Å². The summed E-state index contributed by atoms with van der Waals surface area (Å²) in [7, 11) is 0. The Balaban J connectivity index is 1.57. The molecule has 1 amide bonds. The Bertz CT molecular complexity index is 791. The first-order chi connectivity index (χ1) is 11.5. The van der Waals surface area contributed by atoms with Crippen LogP contribution in [0.5, 0.6) is 0 Å². The molecule has 1 aromatic heterocycles. The maximum absolute atomic E-state index is 12.0. The van der Waals surface area contributed by atoms with Crippen LogP contribution in [0.15, 0.2) is 60.7 Å². The van der Waals surface area contributed by atoms with Crippen LogP contribution in [0.25, 0.3) is 10.1 Å². The van der Waals surface area contributed by atoms with Gasteiger partial charge in [-0.05, 0) is 36.4 Å². The average Bonchev–Trinajstić information content (AvgIpc) is 3.04. The van der Waals surface area contributed by atoms with Crippen molar-refractivity contribution in [3.05, 3.63) is 71.1 Å². The molecule has 0 aliphatic rings. The summed E-state index contributed by atoms with van der Waals surface area (Å²) in [5.74, 6) is -0.0414. The Labute approximate surface area is 146 Å². The highest BCUT2D eigenvalue weighted by atomic mass is 32.1. The van der Waals surface area contributed by atoms with E-state index in [1.807, 2.05) is 60.7 Å². The maximum Gasteiger partial charge on any atom is 0.220 e. The van der Waals surface area contributed by atoms with Crippen LogP contribution in [0.1, 0.15) is 23.8 Å². The molecule has 4 heteroatoms. The Morgan fingerprint density at radius 2 is 1.83 bits per heavy atom. The highest BCUT2D eigenvalue weighted by molar-refractivity contribution is 7.19. The largest absolute Gasteiger partial charge is 0.383 e. The lowest BCUT2D eigenvalue weighted by molar-refractivity contribution is -0.122. The van der Waals surface area contributed by atoms with E-state index in [-0.39, 0.29) is 12.5 Å². The summed E-state index contributed by atoms with van der Waals surface area (Å²) in [6.07, 6.45) is 1.13. The third-order valence-corrected chi connectivity index (χ3v) is 5.44. The van der Waals surface area contributed by atoms with Crippen molar-refractivity contribution in [3.63, 3.8) is 0 Å². The number of fused-ring (bicyclic) bond motifs is 1. The molecular formula is C20H21NO2S. The summed E-state index contributed by atoms with van der Waals surface area (Å²) >= 11 is 1.56. The first-order valence-electron chi connectivity index (χ1n) is 8.07. The molecule has 0 radical (unpaired) electrons. The standard InChI is InChI=1S/C20H21NO2S/c1-20(23,18-13-16-9-5-6-10-17(16)24-18)14-21-19(22)12-11-15-7-3-2-4-8-15/h2-10,13,23H,11-12,14H2,1H3,(H,21,22). The van der Waals surface area contributed by atoms with Crippen LogP contribution in [0.4, 0.5) is 0 Å². The second-order valence-electron chi connectivity index (χ2n) is 6.18. The Morgan fingerprint density at radius 3 is 2.58 bits per heavy atom. The lowest BCUT2D eigenvalue weighted by Crippen LogP contribution is -2.38. The molecular weight excluding hydrogens is 318 g/mol. The van der Waals surface area contributed by atoms with E-state index in [4.69, 9.17) is 0 Å². The molecule has 0 spiro atoms. The van der Waals surface area contributed by atoms with Gasteiger partial charge in [0.15, 0.2) is 0 Å². The van der Waals surface area contributed by atoms with Crippen molar-refractivity contribution >= 4 is 27.3 Å². The van der Waals surface area contributed by atoms with E-state index < -0.39 is 5.60 Å². The molecule has 3 nitrogen and oxygen atoms in total. The quantitative estimate of drug-likeness (QED) is 0.716. The minimum atomic E-state index is -1.06. The second-order valence-corrected chi connectivity index (χ2v) is 7.27. The van der Waals surface area contributed by atoms with Gasteiger partial charge in [0, 0.05) is 16.0 Å². The average molecular weight is 339 g/mol. The number of hydrogen-bond acceptors (Lipinski definition) is 3. The molecule has 0 saturated heterocycles. The number of nitrogens with one attached hydrogen (secondary N) is 1. The number of thiophene rings is 1. The molecule has 24 heavy (non-hydrogen) atoms. The van der Waals surface area contributed by atoms with E-state index in [0.717, 1.165) is 20.5 Å². The van der Waals surface area contributed by atoms with Crippen LogP contribution in [-0.2, 0) is 16.8 Å². The fraction of sp³-hybridized carbons (Fsp3) is 0.250. The Morgan fingerprint density at radius 1 is 1.12 bits per heavy atom. The van der Waals surface area contributed by atoms with Gasteiger partial charge in [-0.3, -0.25) is 4.79 Å². The number of amides is 1. The Kier molecular flexibility index (Phi) is 4.97. The van der Waals surface area contributed by atoms with Crippen molar-refractivity contribution in [3.8, 4) is 0 Å². The minimum absolute atomic E-state index is 0.0414. The number of benzene rings is 2. The zero-order chi connectivity index (χ0) is 17.0. The molecule has 0 fully saturated rings. The van der Waals surface area contributed by atoms with Gasteiger partial charge in [-0.15, -0.1) is 11.3 Å². The number of aryl methyl sites for hydroxylation is 1. The van der Waals surface area contributed by atoms with Crippen molar-refractivity contribution in [2.24, 2.45) is 0 Å². The van der Waals surface area contributed by atoms with Gasteiger partial charge in [-0.2, -0.15) is 0 Å². The number of rotatable bonds is 6. The SMILES string of the molecule is CC(O)(CNC(=O)CCc1ccccc1)c1cc2ccccc2s1. The van der Waals surface area contributed by atoms with E-state index in [0.29, 0.717) is 12.8 Å². The van der Waals surface area contributed by atoms with Crippen molar-refractivity contribution in [1.82, 2.24) is 5.32 Å². The molecule has 1 unspecified atom stereocenters. The number of carbonyl (C=O) groups excluding carboxylic acids is 1. The molecule has 2 N–H and O–H groups in total. The summed E-state index contributed by atoms with van der Waals surface area (Å²) in [4.78, 5) is 12.9. The van der Waals surface area contributed by atoms with Gasteiger partial charge in [0.2, 0.25) is 5.91 Å². The molecule has 2 aromatic carbocycles. The third-order valence-electron chi connectivity index (χ3n) is 4.07. The summed E-state index contributed by atoms with van der Waals surface area (Å²) in [5.41, 5.74) is 0.0791. The molecule has 0 bridgehead atoms. The topological polar surface area (TPSA) is 49.3 Å². The smallest absolute Gasteiger partial charge is 0.220 e. The van der Waals surface area contributed by atoms with Gasteiger partial charge in [0.1, 0.15) is 5.60 Å². The summed E-state index contributed by atoms with van der Waals surface area (Å²) < 4.78 is 1.14. The predicted molar refractivity (Wildman–Crippen MR) is 99.2 cm³/mol. The van der Waals surface area contributed by atoms with Gasteiger partial charge in [0.25, 0.3) is 0 Å². The van der Waals surface area contributed by atoms with Gasteiger partial charge in [-0.1, -0.05) is 48.5 Å². The van der Waals surface area contributed by atoms with E-state index in [1.165, 1.54) is 0 Å². The molecule has 0 aliphatic heterocycles. The highest BCUT2D eigenvalue weighted by Gasteiger charge is 2.26. The van der Waals surface area contributed by atoms with Crippen molar-refractivity contribution in [1.29, 1.82) is 0 Å². The van der Waals surface area contributed by atoms with E-state index in [9.17, 15) is 9.90 Å². The van der Waals surface area contributed by atoms with Crippen LogP contribution in [0, 0.1) is 0 Å². The fourth-order valence-electron chi connectivity index (χ4n) is 2.60. The molecule has 1 atom stereocenters. The van der Waals surface area contributed by atoms with Crippen LogP contribution in [0.2, 0.25) is 0 Å². The lowest BCUT2D eigenvalue weighted by Gasteiger charge is -2.22. The van der Waals surface area contributed by atoms with Gasteiger partial charge >= 0.3 is 0 Å². The molecule has 1 heterocycles. The third kappa shape index (κ3) is 4.02. The first-order valence-corrected chi connectivity index (χ1v) is 8.88. The second kappa shape index (κ2) is 7.16. The van der Waals surface area contributed by atoms with E-state index >= 15 is 0 Å². The molecule has 0 aliphatic carbocycles. The summed E-state index contributed by atoms with van der Waals surface area (Å²) in [5, 5.41) is 14.7. The molecule has 0 saturated carbocycles. The number of aliphatic hydroxyl groups is 1. The molecule has 3 aromatic rings. The zero-order valence-electron chi connectivity index (χ0n) is 13.7. The van der Waals surface area contributed by atoms with Crippen LogP contribution >= 0.6 is 11.3 Å². The summed E-state index contributed by atoms with van der Waals surface area (Å²) in [6, 6.07) is 20.0. The first kappa shape index (κ1) is 16.7. The van der Waals surface area contributed by atoms with Crippen molar-refractivity contribution < 1.29 is 9.90 Å². The van der Waals surface area contributed by atoms with Crippen LogP contribution in [-0.4, -0.2) is 17.6 Å². The minimum Gasteiger partial charge on any atom is -0.383 e. The monoisotopic (exact) mass is 339 g/mol. The normalized spacial score (nSPS) is 13.6. The molecule has 3 rings (SSSR count). The zero-order valence-corrected chi connectivity index (χ0v) is 14.5. The summed E-state index contributed by atoms with van der Waals surface area (Å²) in [6.45, 7) is 1.96. The molecule has 124 valence electrons. The fourth-order valence-corrected chi connectivity index (χ4v) is 3.70. The van der Waals surface area contributed by atoms with E-state index in [2.05, 4.69) is 5.32 Å². The predicted octanol–water partition coefficient (Wildman–Crippen LogP) is 3.86. The lowest BCUT2D eigenvalue weighted by atomic mass is 10.0. The maximum atomic E-state index is 12.0. The van der Waals surface area contributed by atoms with Crippen molar-refractivity contribution in [2.45, 2.75) is 25.4 Å². The van der Waals surface area contributed by atoms with Crippen LogP contribution < -0.4 is 5.32 Å². The van der Waals surface area contributed by atoms with Gasteiger partial charge < -0.3 is 10.4 Å². The van der Waals surface area contributed by atoms with E-state index in [1.54, 1.807) is 18.3 Å². The van der Waals surface area contributed by atoms with Crippen LogP contribution in [0.3, 0.4) is 0 Å². The number of hydrogen-bond donors (Lipinski definition) is 2. The van der Waals surface area contributed by atoms with Crippen molar-refractivity contribution in [2.75, 3.05) is 6.54 Å². The highest BCUT2D eigenvalue weighted by Crippen LogP contribution is 2.32. The van der Waals surface area contributed by atoms with Gasteiger partial charge in [0.05, 0.1) is 6.54 Å². The number of carbonyl (C=O) groups is 1. The Hall–Kier alpha value is -2.17.